The van der Waals surface area contributed by atoms with Gasteiger partial charge in [0, 0.05) is 5.69 Å². The van der Waals surface area contributed by atoms with Crippen molar-refractivity contribution in [3.05, 3.63) is 24.3 Å². The SMILES string of the molecule is COc1ccc(NC(C)(CC2CC2)C(N)=O)cc1. The van der Waals surface area contributed by atoms with Crippen molar-refractivity contribution < 1.29 is 9.53 Å². The summed E-state index contributed by atoms with van der Waals surface area (Å²) >= 11 is 0. The Morgan fingerprint density at radius 3 is 2.50 bits per heavy atom. The fourth-order valence-corrected chi connectivity index (χ4v) is 2.11. The van der Waals surface area contributed by atoms with E-state index in [1.807, 2.05) is 31.2 Å². The van der Waals surface area contributed by atoms with Gasteiger partial charge in [-0.1, -0.05) is 12.8 Å². The van der Waals surface area contributed by atoms with Crippen LogP contribution in [0.2, 0.25) is 0 Å². The van der Waals surface area contributed by atoms with Gasteiger partial charge in [0.05, 0.1) is 7.11 Å². The van der Waals surface area contributed by atoms with E-state index in [-0.39, 0.29) is 5.91 Å². The summed E-state index contributed by atoms with van der Waals surface area (Å²) in [4.78, 5) is 11.6. The van der Waals surface area contributed by atoms with E-state index in [9.17, 15) is 4.79 Å². The van der Waals surface area contributed by atoms with E-state index in [4.69, 9.17) is 10.5 Å². The number of amides is 1. The van der Waals surface area contributed by atoms with Gasteiger partial charge < -0.3 is 15.8 Å². The number of nitrogens with one attached hydrogen (secondary N) is 1. The number of carbonyl (C=O) groups excluding carboxylic acids is 1. The van der Waals surface area contributed by atoms with Gasteiger partial charge in [0.15, 0.2) is 0 Å². The number of anilines is 1. The average molecular weight is 248 g/mol. The first-order valence-corrected chi connectivity index (χ1v) is 6.25. The molecular formula is C14H20N2O2. The molecule has 98 valence electrons. The smallest absolute Gasteiger partial charge is 0.242 e. The molecule has 1 saturated carbocycles. The minimum absolute atomic E-state index is 0.301. The summed E-state index contributed by atoms with van der Waals surface area (Å²) in [6, 6.07) is 7.52. The quantitative estimate of drug-likeness (QED) is 0.810. The first kappa shape index (κ1) is 12.7. The van der Waals surface area contributed by atoms with E-state index in [2.05, 4.69) is 5.32 Å². The predicted octanol–water partition coefficient (Wildman–Crippen LogP) is 2.15. The Kier molecular flexibility index (Phi) is 3.45. The Labute approximate surface area is 108 Å². The summed E-state index contributed by atoms with van der Waals surface area (Å²) in [6.07, 6.45) is 3.20. The molecule has 4 nitrogen and oxygen atoms in total. The third-order valence-corrected chi connectivity index (χ3v) is 3.45. The van der Waals surface area contributed by atoms with Crippen molar-refractivity contribution >= 4 is 11.6 Å². The number of hydrogen-bond donors (Lipinski definition) is 2. The van der Waals surface area contributed by atoms with Crippen LogP contribution in [0.3, 0.4) is 0 Å². The lowest BCUT2D eigenvalue weighted by Gasteiger charge is -2.28. The molecule has 0 radical (unpaired) electrons. The zero-order valence-electron chi connectivity index (χ0n) is 10.9. The average Bonchev–Trinajstić information content (AvgIpc) is 3.13. The van der Waals surface area contributed by atoms with E-state index in [0.717, 1.165) is 17.9 Å². The van der Waals surface area contributed by atoms with Gasteiger partial charge in [-0.25, -0.2) is 0 Å². The number of methoxy groups -OCH3 is 1. The summed E-state index contributed by atoms with van der Waals surface area (Å²) in [7, 11) is 1.63. The van der Waals surface area contributed by atoms with Crippen LogP contribution < -0.4 is 15.8 Å². The fraction of sp³-hybridized carbons (Fsp3) is 0.500. The topological polar surface area (TPSA) is 64.3 Å². The van der Waals surface area contributed by atoms with Gasteiger partial charge in [-0.05, 0) is 43.5 Å². The lowest BCUT2D eigenvalue weighted by molar-refractivity contribution is -0.122. The first-order chi connectivity index (χ1) is 8.53. The predicted molar refractivity (Wildman–Crippen MR) is 71.6 cm³/mol. The Morgan fingerprint density at radius 1 is 1.44 bits per heavy atom. The van der Waals surface area contributed by atoms with Crippen LogP contribution in [-0.4, -0.2) is 18.6 Å². The number of hydrogen-bond acceptors (Lipinski definition) is 3. The Bertz CT molecular complexity index is 426. The maximum atomic E-state index is 11.6. The zero-order valence-corrected chi connectivity index (χ0v) is 10.9. The molecule has 0 bridgehead atoms. The molecule has 1 unspecified atom stereocenters. The van der Waals surface area contributed by atoms with Gasteiger partial charge >= 0.3 is 0 Å². The molecule has 3 N–H and O–H groups in total. The Hall–Kier alpha value is -1.71. The van der Waals surface area contributed by atoms with Crippen molar-refractivity contribution in [2.45, 2.75) is 31.7 Å². The number of carbonyl (C=O) groups is 1. The molecule has 4 heteroatoms. The van der Waals surface area contributed by atoms with Gasteiger partial charge in [0.2, 0.25) is 5.91 Å². The van der Waals surface area contributed by atoms with Gasteiger partial charge in [0.25, 0.3) is 0 Å². The normalized spacial score (nSPS) is 17.9. The maximum Gasteiger partial charge on any atom is 0.242 e. The number of nitrogens with two attached hydrogens (primary N) is 1. The molecule has 18 heavy (non-hydrogen) atoms. The summed E-state index contributed by atoms with van der Waals surface area (Å²) in [6.45, 7) is 1.87. The van der Waals surface area contributed by atoms with E-state index < -0.39 is 5.54 Å². The Morgan fingerprint density at radius 2 is 2.06 bits per heavy atom. The molecule has 0 saturated heterocycles. The number of rotatable bonds is 6. The van der Waals surface area contributed by atoms with Gasteiger partial charge in [-0.15, -0.1) is 0 Å². The number of ether oxygens (including phenoxy) is 1. The molecule has 1 fully saturated rings. The summed E-state index contributed by atoms with van der Waals surface area (Å²) in [5, 5.41) is 3.25. The largest absolute Gasteiger partial charge is 0.497 e. The highest BCUT2D eigenvalue weighted by Crippen LogP contribution is 2.38. The highest BCUT2D eigenvalue weighted by Gasteiger charge is 2.37. The van der Waals surface area contributed by atoms with Gasteiger partial charge in [-0.3, -0.25) is 4.79 Å². The number of primary amides is 1. The lowest BCUT2D eigenvalue weighted by Crippen LogP contribution is -2.48. The fourth-order valence-electron chi connectivity index (χ4n) is 2.11. The molecule has 1 aromatic rings. The monoisotopic (exact) mass is 248 g/mol. The van der Waals surface area contributed by atoms with Crippen molar-refractivity contribution in [1.82, 2.24) is 0 Å². The molecule has 0 aliphatic heterocycles. The molecule has 1 aliphatic rings. The van der Waals surface area contributed by atoms with E-state index in [1.54, 1.807) is 7.11 Å². The van der Waals surface area contributed by atoms with Gasteiger partial charge in [0.1, 0.15) is 11.3 Å². The second-order valence-electron chi connectivity index (χ2n) is 5.20. The third kappa shape index (κ3) is 2.94. The van der Waals surface area contributed by atoms with Crippen LogP contribution in [0, 0.1) is 5.92 Å². The molecule has 1 aliphatic carbocycles. The van der Waals surface area contributed by atoms with Crippen molar-refractivity contribution in [1.29, 1.82) is 0 Å². The van der Waals surface area contributed by atoms with Crippen LogP contribution in [0.4, 0.5) is 5.69 Å². The van der Waals surface area contributed by atoms with Crippen molar-refractivity contribution in [3.8, 4) is 5.75 Å². The van der Waals surface area contributed by atoms with Crippen LogP contribution in [-0.2, 0) is 4.79 Å². The zero-order chi connectivity index (χ0) is 13.2. The van der Waals surface area contributed by atoms with E-state index >= 15 is 0 Å². The number of benzene rings is 1. The second kappa shape index (κ2) is 4.88. The highest BCUT2D eigenvalue weighted by atomic mass is 16.5. The molecular weight excluding hydrogens is 228 g/mol. The van der Waals surface area contributed by atoms with Crippen LogP contribution in [0.1, 0.15) is 26.2 Å². The minimum atomic E-state index is -0.671. The third-order valence-electron chi connectivity index (χ3n) is 3.45. The van der Waals surface area contributed by atoms with Crippen molar-refractivity contribution in [2.24, 2.45) is 11.7 Å². The minimum Gasteiger partial charge on any atom is -0.497 e. The van der Waals surface area contributed by atoms with Crippen LogP contribution >= 0.6 is 0 Å². The highest BCUT2D eigenvalue weighted by molar-refractivity contribution is 5.87. The second-order valence-corrected chi connectivity index (χ2v) is 5.20. The summed E-state index contributed by atoms with van der Waals surface area (Å²) in [5.41, 5.74) is 5.74. The lowest BCUT2D eigenvalue weighted by atomic mass is 9.93. The van der Waals surface area contributed by atoms with Crippen LogP contribution in [0.25, 0.3) is 0 Å². The molecule has 1 amide bonds. The maximum absolute atomic E-state index is 11.6. The summed E-state index contributed by atoms with van der Waals surface area (Å²) in [5.74, 6) is 1.13. The summed E-state index contributed by atoms with van der Waals surface area (Å²) < 4.78 is 5.10. The van der Waals surface area contributed by atoms with Crippen molar-refractivity contribution in [2.75, 3.05) is 12.4 Å². The molecule has 1 aromatic carbocycles. The Balaban J connectivity index is 2.09. The van der Waals surface area contributed by atoms with Crippen LogP contribution in [0.15, 0.2) is 24.3 Å². The first-order valence-electron chi connectivity index (χ1n) is 6.25. The standard InChI is InChI=1S/C14H20N2O2/c1-14(13(15)17,9-10-3-4-10)16-11-5-7-12(18-2)8-6-11/h5-8,10,16H,3-4,9H2,1-2H3,(H2,15,17). The van der Waals surface area contributed by atoms with Gasteiger partial charge in [-0.2, -0.15) is 0 Å². The molecule has 0 spiro atoms. The van der Waals surface area contributed by atoms with E-state index in [1.165, 1.54) is 12.8 Å². The molecule has 1 atom stereocenters. The molecule has 0 heterocycles. The van der Waals surface area contributed by atoms with E-state index in [0.29, 0.717) is 5.92 Å². The molecule has 0 aromatic heterocycles. The molecule has 2 rings (SSSR count). The van der Waals surface area contributed by atoms with Crippen molar-refractivity contribution in [3.63, 3.8) is 0 Å². The van der Waals surface area contributed by atoms with Crippen LogP contribution in [0.5, 0.6) is 5.75 Å².